The largest absolute Gasteiger partial charge is 0.382 e. The van der Waals surface area contributed by atoms with Crippen LogP contribution in [0.2, 0.25) is 0 Å². The number of rotatable bonds is 3. The van der Waals surface area contributed by atoms with E-state index < -0.39 is 17.7 Å². The topological polar surface area (TPSA) is 54.8 Å². The summed E-state index contributed by atoms with van der Waals surface area (Å²) in [7, 11) is 1.58. The third-order valence-corrected chi connectivity index (χ3v) is 4.45. The Morgan fingerprint density at radius 2 is 2.09 bits per heavy atom. The van der Waals surface area contributed by atoms with E-state index >= 15 is 0 Å². The molecule has 0 fully saturated rings. The van der Waals surface area contributed by atoms with Gasteiger partial charge in [0, 0.05) is 18.8 Å². The number of nitrogens with zero attached hydrogens (tertiary/aromatic N) is 3. The Kier molecular flexibility index (Phi) is 4.08. The number of likely N-dealkylation sites (N-methyl/N-ethyl adjacent to an activating group) is 1. The lowest BCUT2D eigenvalue weighted by Crippen LogP contribution is -2.36. The number of amides is 1. The second-order valence-electron chi connectivity index (χ2n) is 5.10. The fourth-order valence-electron chi connectivity index (χ4n) is 2.24. The molecule has 2 heterocycles. The highest BCUT2D eigenvalue weighted by atomic mass is 32.1. The highest BCUT2D eigenvalue weighted by Crippen LogP contribution is 2.25. The van der Waals surface area contributed by atoms with E-state index in [-0.39, 0.29) is 23.6 Å². The van der Waals surface area contributed by atoms with E-state index in [1.165, 1.54) is 22.3 Å². The molecule has 0 saturated carbocycles. The first-order valence-electron chi connectivity index (χ1n) is 6.84. The van der Waals surface area contributed by atoms with Crippen molar-refractivity contribution in [2.45, 2.75) is 19.4 Å². The summed E-state index contributed by atoms with van der Waals surface area (Å²) in [5, 5.41) is 6.04. The molecule has 1 aromatic carbocycles. The van der Waals surface area contributed by atoms with Crippen LogP contribution in [0.1, 0.15) is 17.7 Å². The summed E-state index contributed by atoms with van der Waals surface area (Å²) in [6.07, 6.45) is -0.913. The summed E-state index contributed by atoms with van der Waals surface area (Å²) in [5.41, 5.74) is 0.639. The molecule has 0 radical (unpaired) electrons. The van der Waals surface area contributed by atoms with E-state index in [1.807, 2.05) is 12.3 Å². The molecule has 1 aliphatic heterocycles. The van der Waals surface area contributed by atoms with E-state index in [0.29, 0.717) is 5.13 Å². The van der Waals surface area contributed by atoms with Crippen molar-refractivity contribution in [3.63, 3.8) is 0 Å². The minimum absolute atomic E-state index is 0.00534. The van der Waals surface area contributed by atoms with Gasteiger partial charge in [-0.25, -0.2) is 13.8 Å². The van der Waals surface area contributed by atoms with Crippen molar-refractivity contribution in [1.82, 2.24) is 4.98 Å². The van der Waals surface area contributed by atoms with Crippen molar-refractivity contribution in [1.29, 1.82) is 0 Å². The molecule has 2 aromatic rings. The number of aromatic nitrogens is 1. The number of hydrogen-bond acceptors (Lipinski definition) is 5. The van der Waals surface area contributed by atoms with Crippen LogP contribution in [0.5, 0.6) is 0 Å². The molecule has 0 N–H and O–H groups in total. The number of halogens is 2. The minimum atomic E-state index is -0.918. The minimum Gasteiger partial charge on any atom is -0.382 e. The van der Waals surface area contributed by atoms with Crippen LogP contribution in [0.3, 0.4) is 0 Å². The second kappa shape index (κ2) is 6.04. The number of hydrogen-bond donors (Lipinski definition) is 0. The van der Waals surface area contributed by atoms with Gasteiger partial charge in [0.05, 0.1) is 17.0 Å². The highest BCUT2D eigenvalue weighted by molar-refractivity contribution is 7.14. The van der Waals surface area contributed by atoms with Gasteiger partial charge in [0.1, 0.15) is 11.6 Å². The Balaban J connectivity index is 1.75. The van der Waals surface area contributed by atoms with E-state index in [4.69, 9.17) is 4.84 Å². The molecular weight excluding hydrogens is 324 g/mol. The maximum absolute atomic E-state index is 13.8. The number of anilines is 1. The van der Waals surface area contributed by atoms with Gasteiger partial charge in [0.25, 0.3) is 5.91 Å². The average molecular weight is 337 g/mol. The van der Waals surface area contributed by atoms with Crippen molar-refractivity contribution in [2.24, 2.45) is 5.16 Å². The maximum atomic E-state index is 13.8. The summed E-state index contributed by atoms with van der Waals surface area (Å²) < 4.78 is 27.6. The lowest BCUT2D eigenvalue weighted by molar-refractivity contribution is -0.128. The third kappa shape index (κ3) is 2.94. The number of aryl methyl sites for hydroxylation is 1. The van der Waals surface area contributed by atoms with Crippen molar-refractivity contribution in [2.75, 3.05) is 11.9 Å². The van der Waals surface area contributed by atoms with Crippen LogP contribution in [0.15, 0.2) is 28.7 Å². The maximum Gasteiger partial charge on any atom is 0.272 e. The Morgan fingerprint density at radius 3 is 2.70 bits per heavy atom. The smallest absolute Gasteiger partial charge is 0.272 e. The first kappa shape index (κ1) is 15.5. The van der Waals surface area contributed by atoms with E-state index in [1.54, 1.807) is 7.05 Å². The molecule has 1 aromatic heterocycles. The zero-order valence-corrected chi connectivity index (χ0v) is 13.2. The van der Waals surface area contributed by atoms with Crippen LogP contribution < -0.4 is 4.90 Å². The Labute approximate surface area is 135 Å². The lowest BCUT2D eigenvalue weighted by atomic mass is 10.0. The fraction of sp³-hybridized carbons (Fsp3) is 0.267. The fourth-order valence-corrected chi connectivity index (χ4v) is 3.01. The zero-order chi connectivity index (χ0) is 16.6. The van der Waals surface area contributed by atoms with Gasteiger partial charge >= 0.3 is 0 Å². The van der Waals surface area contributed by atoms with Gasteiger partial charge in [-0.2, -0.15) is 0 Å². The van der Waals surface area contributed by atoms with Gasteiger partial charge in [-0.15, -0.1) is 11.3 Å². The van der Waals surface area contributed by atoms with Crippen LogP contribution >= 0.6 is 11.3 Å². The van der Waals surface area contributed by atoms with Crippen LogP contribution in [0.4, 0.5) is 13.9 Å². The first-order valence-corrected chi connectivity index (χ1v) is 7.72. The molecule has 0 bridgehead atoms. The van der Waals surface area contributed by atoms with Gasteiger partial charge in [-0.05, 0) is 19.1 Å². The van der Waals surface area contributed by atoms with Crippen LogP contribution in [0, 0.1) is 18.6 Å². The molecule has 0 spiro atoms. The van der Waals surface area contributed by atoms with Gasteiger partial charge in [0.2, 0.25) is 6.10 Å². The van der Waals surface area contributed by atoms with Gasteiger partial charge in [-0.3, -0.25) is 9.69 Å². The zero-order valence-electron chi connectivity index (χ0n) is 12.4. The lowest BCUT2D eigenvalue weighted by Gasteiger charge is -2.16. The highest BCUT2D eigenvalue weighted by Gasteiger charge is 2.34. The molecule has 120 valence electrons. The average Bonchev–Trinajstić information content (AvgIpc) is 3.15. The number of carbonyl (C=O) groups excluding carboxylic acids is 1. The van der Waals surface area contributed by atoms with Gasteiger partial charge < -0.3 is 4.84 Å². The molecule has 1 amide bonds. The van der Waals surface area contributed by atoms with Gasteiger partial charge in [-0.1, -0.05) is 11.2 Å². The van der Waals surface area contributed by atoms with Crippen molar-refractivity contribution in [3.05, 3.63) is 46.5 Å². The molecule has 3 rings (SSSR count). The van der Waals surface area contributed by atoms with E-state index in [9.17, 15) is 13.6 Å². The van der Waals surface area contributed by atoms with Crippen LogP contribution in [0.25, 0.3) is 0 Å². The predicted octanol–water partition coefficient (Wildman–Crippen LogP) is 2.89. The monoisotopic (exact) mass is 337 g/mol. The molecule has 8 heteroatoms. The van der Waals surface area contributed by atoms with E-state index in [2.05, 4.69) is 10.1 Å². The molecule has 1 unspecified atom stereocenters. The molecule has 1 atom stereocenters. The number of carbonyl (C=O) groups is 1. The standard InChI is InChI=1S/C15H13F2N3O2S/c1-8-7-23-15(18-8)20(2)14(21)12-6-11(19-22-12)13-9(16)4-3-5-10(13)17/h3-5,7,12H,6H2,1-2H3. The van der Waals surface area contributed by atoms with Crippen molar-refractivity contribution in [3.8, 4) is 0 Å². The third-order valence-electron chi connectivity index (χ3n) is 3.42. The summed E-state index contributed by atoms with van der Waals surface area (Å²) in [5.74, 6) is -1.83. The Morgan fingerprint density at radius 1 is 1.39 bits per heavy atom. The molecular formula is C15H13F2N3O2S. The van der Waals surface area contributed by atoms with Gasteiger partial charge in [0.15, 0.2) is 5.13 Å². The van der Waals surface area contributed by atoms with Crippen molar-refractivity contribution < 1.29 is 18.4 Å². The van der Waals surface area contributed by atoms with E-state index in [0.717, 1.165) is 17.8 Å². The Hall–Kier alpha value is -2.35. The molecule has 23 heavy (non-hydrogen) atoms. The number of benzene rings is 1. The van der Waals surface area contributed by atoms with Crippen molar-refractivity contribution >= 4 is 28.1 Å². The van der Waals surface area contributed by atoms with Crippen LogP contribution in [-0.2, 0) is 9.63 Å². The van der Waals surface area contributed by atoms with Crippen LogP contribution in [-0.4, -0.2) is 29.8 Å². The number of oxime groups is 1. The number of thiazole rings is 1. The molecule has 5 nitrogen and oxygen atoms in total. The normalized spacial score (nSPS) is 16.9. The summed E-state index contributed by atoms with van der Waals surface area (Å²) in [4.78, 5) is 23.1. The quantitative estimate of drug-likeness (QED) is 0.865. The molecule has 1 aliphatic rings. The molecule has 0 aliphatic carbocycles. The Bertz CT molecular complexity index is 771. The summed E-state index contributed by atoms with van der Waals surface area (Å²) >= 11 is 1.33. The molecule has 0 saturated heterocycles. The summed E-state index contributed by atoms with van der Waals surface area (Å²) in [6, 6.07) is 3.55. The SMILES string of the molecule is Cc1csc(N(C)C(=O)C2CC(c3c(F)cccc3F)=NO2)n1. The predicted molar refractivity (Wildman–Crippen MR) is 82.6 cm³/mol. The summed E-state index contributed by atoms with van der Waals surface area (Å²) in [6.45, 7) is 1.83. The second-order valence-corrected chi connectivity index (χ2v) is 5.94. The first-order chi connectivity index (χ1) is 11.0.